The van der Waals surface area contributed by atoms with Crippen LogP contribution in [0.25, 0.3) is 0 Å². The zero-order valence-electron chi connectivity index (χ0n) is 15.3. The van der Waals surface area contributed by atoms with Crippen LogP contribution in [0.3, 0.4) is 0 Å². The van der Waals surface area contributed by atoms with E-state index in [0.29, 0.717) is 29.2 Å². The molecule has 0 spiro atoms. The van der Waals surface area contributed by atoms with Crippen LogP contribution < -0.4 is 14.8 Å². The lowest BCUT2D eigenvalue weighted by molar-refractivity contribution is -0.144. The van der Waals surface area contributed by atoms with Gasteiger partial charge in [0.1, 0.15) is 17.4 Å². The summed E-state index contributed by atoms with van der Waals surface area (Å²) in [5, 5.41) is 3.17. The summed E-state index contributed by atoms with van der Waals surface area (Å²) in [4.78, 5) is 25.3. The molecule has 0 radical (unpaired) electrons. The zero-order valence-corrected chi connectivity index (χ0v) is 15.3. The molecule has 1 aromatic rings. The summed E-state index contributed by atoms with van der Waals surface area (Å²) in [7, 11) is 4.47. The Hall–Kier alpha value is -2.76. The maximum absolute atomic E-state index is 12.8. The number of benzene rings is 1. The van der Waals surface area contributed by atoms with Crippen molar-refractivity contribution >= 4 is 11.8 Å². The lowest BCUT2D eigenvalue weighted by atomic mass is 9.71. The fraction of sp³-hybridized carbons (Fsp3) is 0.400. The molecule has 138 valence electrons. The van der Waals surface area contributed by atoms with Gasteiger partial charge in [0.15, 0.2) is 5.78 Å². The zero-order chi connectivity index (χ0) is 18.8. The van der Waals surface area contributed by atoms with E-state index in [0.717, 1.165) is 24.1 Å². The van der Waals surface area contributed by atoms with Crippen molar-refractivity contribution in [1.82, 2.24) is 5.32 Å². The molecular weight excluding hydrogens is 334 g/mol. The minimum absolute atomic E-state index is 0.0445. The van der Waals surface area contributed by atoms with Gasteiger partial charge in [0.05, 0.1) is 21.3 Å². The van der Waals surface area contributed by atoms with Gasteiger partial charge in [0, 0.05) is 40.9 Å². The monoisotopic (exact) mass is 357 g/mol. The molecule has 2 atom stereocenters. The van der Waals surface area contributed by atoms with Crippen LogP contribution in [0.15, 0.2) is 41.7 Å². The highest BCUT2D eigenvalue weighted by molar-refractivity contribution is 6.00. The number of carbonyl (C=O) groups excluding carboxylic acids is 2. The number of nitrogens with one attached hydrogen (secondary N) is 1. The van der Waals surface area contributed by atoms with E-state index < -0.39 is 17.8 Å². The highest BCUT2D eigenvalue weighted by atomic mass is 16.5. The number of Topliss-reactive ketones (excluding diaryl/α,β-unsaturated/α-hetero) is 1. The fourth-order valence-electron chi connectivity index (χ4n) is 3.81. The summed E-state index contributed by atoms with van der Waals surface area (Å²) in [5.74, 6) is -0.401. The second kappa shape index (κ2) is 7.23. The number of rotatable bonds is 4. The average molecular weight is 357 g/mol. The number of ether oxygens (including phenoxy) is 3. The number of hydrogen-bond acceptors (Lipinski definition) is 6. The Morgan fingerprint density at radius 3 is 2.62 bits per heavy atom. The standard InChI is InChI=1S/C20H23NO5/c1-11-17(20(23)26-4)18(19-14(21-11)6-5-7-15(19)22)13-9-8-12(24-2)10-16(13)25-3/h8-10,17-18,21H,1,5-7H2,2-4H3. The van der Waals surface area contributed by atoms with Crippen LogP contribution in [-0.4, -0.2) is 33.1 Å². The molecule has 0 saturated carbocycles. The van der Waals surface area contributed by atoms with Crippen LogP contribution in [0.1, 0.15) is 30.7 Å². The Morgan fingerprint density at radius 2 is 1.96 bits per heavy atom. The number of esters is 1. The van der Waals surface area contributed by atoms with E-state index in [1.807, 2.05) is 6.07 Å². The Balaban J connectivity index is 2.22. The first-order valence-electron chi connectivity index (χ1n) is 8.53. The normalized spacial score (nSPS) is 22.4. The molecule has 1 heterocycles. The smallest absolute Gasteiger partial charge is 0.315 e. The first-order chi connectivity index (χ1) is 12.5. The Morgan fingerprint density at radius 1 is 1.19 bits per heavy atom. The van der Waals surface area contributed by atoms with Crippen molar-refractivity contribution < 1.29 is 23.8 Å². The van der Waals surface area contributed by atoms with E-state index in [4.69, 9.17) is 14.2 Å². The SMILES string of the molecule is C=C1NC2=C(C(=O)CCC2)C(c2ccc(OC)cc2OC)C1C(=O)OC. The highest BCUT2D eigenvalue weighted by Crippen LogP contribution is 2.47. The van der Waals surface area contributed by atoms with Crippen molar-refractivity contribution in [3.8, 4) is 11.5 Å². The molecule has 0 fully saturated rings. The van der Waals surface area contributed by atoms with Crippen molar-refractivity contribution in [2.75, 3.05) is 21.3 Å². The molecule has 1 N–H and O–H groups in total. The van der Waals surface area contributed by atoms with Gasteiger partial charge < -0.3 is 19.5 Å². The maximum Gasteiger partial charge on any atom is 0.315 e. The van der Waals surface area contributed by atoms with E-state index in [1.54, 1.807) is 26.4 Å². The Labute approximate surface area is 152 Å². The number of hydrogen-bond donors (Lipinski definition) is 1. The van der Waals surface area contributed by atoms with Crippen LogP contribution >= 0.6 is 0 Å². The second-order valence-electron chi connectivity index (χ2n) is 6.41. The molecule has 2 unspecified atom stereocenters. The summed E-state index contributed by atoms with van der Waals surface area (Å²) >= 11 is 0. The summed E-state index contributed by atoms with van der Waals surface area (Å²) in [5.41, 5.74) is 2.75. The highest BCUT2D eigenvalue weighted by Gasteiger charge is 2.44. The molecule has 0 aromatic heterocycles. The molecule has 6 nitrogen and oxygen atoms in total. The van der Waals surface area contributed by atoms with Crippen LogP contribution in [-0.2, 0) is 14.3 Å². The van der Waals surface area contributed by atoms with Crippen molar-refractivity contribution in [3.63, 3.8) is 0 Å². The number of methoxy groups -OCH3 is 3. The second-order valence-corrected chi connectivity index (χ2v) is 6.41. The van der Waals surface area contributed by atoms with Gasteiger partial charge in [-0.25, -0.2) is 0 Å². The first kappa shape index (κ1) is 18.0. The van der Waals surface area contributed by atoms with Crippen LogP contribution in [0, 0.1) is 5.92 Å². The van der Waals surface area contributed by atoms with E-state index in [9.17, 15) is 9.59 Å². The summed E-state index contributed by atoms with van der Waals surface area (Å²) in [6, 6.07) is 5.38. The van der Waals surface area contributed by atoms with E-state index in [2.05, 4.69) is 11.9 Å². The third-order valence-electron chi connectivity index (χ3n) is 5.02. The number of carbonyl (C=O) groups is 2. The topological polar surface area (TPSA) is 73.9 Å². The van der Waals surface area contributed by atoms with Crippen LogP contribution in [0.4, 0.5) is 0 Å². The van der Waals surface area contributed by atoms with Crippen LogP contribution in [0.2, 0.25) is 0 Å². The maximum atomic E-state index is 12.8. The summed E-state index contributed by atoms with van der Waals surface area (Å²) in [6.45, 7) is 4.02. The Bertz CT molecular complexity index is 795. The van der Waals surface area contributed by atoms with Gasteiger partial charge in [-0.15, -0.1) is 0 Å². The molecule has 0 amide bonds. The lowest BCUT2D eigenvalue weighted by Crippen LogP contribution is -2.41. The van der Waals surface area contributed by atoms with Gasteiger partial charge >= 0.3 is 5.97 Å². The van der Waals surface area contributed by atoms with Gasteiger partial charge in [-0.3, -0.25) is 9.59 Å². The Kier molecular flexibility index (Phi) is 5.02. The third kappa shape index (κ3) is 2.96. The summed E-state index contributed by atoms with van der Waals surface area (Å²) in [6.07, 6.45) is 2.01. The van der Waals surface area contributed by atoms with Crippen molar-refractivity contribution in [1.29, 1.82) is 0 Å². The van der Waals surface area contributed by atoms with Gasteiger partial charge in [-0.2, -0.15) is 0 Å². The van der Waals surface area contributed by atoms with E-state index in [-0.39, 0.29) is 5.78 Å². The molecular formula is C20H23NO5. The molecule has 1 aromatic carbocycles. The van der Waals surface area contributed by atoms with Crippen molar-refractivity contribution in [2.24, 2.45) is 5.92 Å². The van der Waals surface area contributed by atoms with E-state index in [1.165, 1.54) is 7.11 Å². The molecule has 1 aliphatic heterocycles. The summed E-state index contributed by atoms with van der Waals surface area (Å²) < 4.78 is 15.8. The van der Waals surface area contributed by atoms with Crippen molar-refractivity contribution in [3.05, 3.63) is 47.3 Å². The molecule has 0 bridgehead atoms. The lowest BCUT2D eigenvalue weighted by Gasteiger charge is -2.38. The van der Waals surface area contributed by atoms with Crippen molar-refractivity contribution in [2.45, 2.75) is 25.2 Å². The van der Waals surface area contributed by atoms with Gasteiger partial charge in [-0.1, -0.05) is 12.6 Å². The fourth-order valence-corrected chi connectivity index (χ4v) is 3.81. The molecule has 26 heavy (non-hydrogen) atoms. The number of ketones is 1. The quantitative estimate of drug-likeness (QED) is 0.835. The number of allylic oxidation sites excluding steroid dienone is 2. The molecule has 0 saturated heterocycles. The minimum Gasteiger partial charge on any atom is -0.497 e. The predicted octanol–water partition coefficient (Wildman–Crippen LogP) is 2.70. The molecule has 6 heteroatoms. The van der Waals surface area contributed by atoms with Crippen LogP contribution in [0.5, 0.6) is 11.5 Å². The van der Waals surface area contributed by atoms with Gasteiger partial charge in [0.2, 0.25) is 0 Å². The first-order valence-corrected chi connectivity index (χ1v) is 8.53. The van der Waals surface area contributed by atoms with Gasteiger partial charge in [0.25, 0.3) is 0 Å². The van der Waals surface area contributed by atoms with E-state index >= 15 is 0 Å². The minimum atomic E-state index is -0.705. The molecule has 1 aliphatic carbocycles. The predicted molar refractivity (Wildman–Crippen MR) is 96.0 cm³/mol. The largest absolute Gasteiger partial charge is 0.497 e. The van der Waals surface area contributed by atoms with Gasteiger partial charge in [-0.05, 0) is 18.9 Å². The molecule has 2 aliphatic rings. The average Bonchev–Trinajstić information content (AvgIpc) is 2.66. The molecule has 3 rings (SSSR count). The third-order valence-corrected chi connectivity index (χ3v) is 5.02.